The largest absolute Gasteiger partial charge is 0.383 e. The Balaban J connectivity index is 2.45. The average molecular weight is 259 g/mol. The lowest BCUT2D eigenvalue weighted by Gasteiger charge is -2.24. The minimum absolute atomic E-state index is 0.201. The average Bonchev–Trinajstić information content (AvgIpc) is 2.71. The Labute approximate surface area is 114 Å². The summed E-state index contributed by atoms with van der Waals surface area (Å²) in [7, 11) is 3.58. The highest BCUT2D eigenvalue weighted by Gasteiger charge is 2.20. The first-order chi connectivity index (χ1) is 8.94. The van der Waals surface area contributed by atoms with Gasteiger partial charge in [0, 0.05) is 26.1 Å². The maximum atomic E-state index is 6.07. The van der Waals surface area contributed by atoms with Crippen molar-refractivity contribution in [3.05, 3.63) is 36.0 Å². The second kappa shape index (κ2) is 5.05. The standard InChI is InChI=1S/C15H21N3O/c1-15(2,19-4)9-11-7-5-6-8-12(11)13-10-17-18(3)14(13)16/h5-8,10H,9,16H2,1-4H3. The Morgan fingerprint density at radius 1 is 1.26 bits per heavy atom. The number of nitrogens with two attached hydrogens (primary N) is 1. The van der Waals surface area contributed by atoms with Crippen LogP contribution in [0, 0.1) is 0 Å². The quantitative estimate of drug-likeness (QED) is 0.918. The molecular formula is C15H21N3O. The van der Waals surface area contributed by atoms with Crippen LogP contribution >= 0.6 is 0 Å². The van der Waals surface area contributed by atoms with Gasteiger partial charge in [-0.1, -0.05) is 24.3 Å². The number of hydrogen-bond acceptors (Lipinski definition) is 3. The normalized spacial score (nSPS) is 11.8. The highest BCUT2D eigenvalue weighted by atomic mass is 16.5. The molecule has 0 aliphatic carbocycles. The molecule has 0 bridgehead atoms. The van der Waals surface area contributed by atoms with Gasteiger partial charge in [0.25, 0.3) is 0 Å². The molecule has 1 heterocycles. The highest BCUT2D eigenvalue weighted by molar-refractivity contribution is 5.76. The van der Waals surface area contributed by atoms with Crippen LogP contribution in [0.5, 0.6) is 0 Å². The number of anilines is 1. The molecule has 2 rings (SSSR count). The van der Waals surface area contributed by atoms with Gasteiger partial charge in [0.1, 0.15) is 5.82 Å². The summed E-state index contributed by atoms with van der Waals surface area (Å²) in [4.78, 5) is 0. The van der Waals surface area contributed by atoms with E-state index in [-0.39, 0.29) is 5.60 Å². The summed E-state index contributed by atoms with van der Waals surface area (Å²) in [5.74, 6) is 0.683. The van der Waals surface area contributed by atoms with Gasteiger partial charge in [-0.3, -0.25) is 4.68 Å². The van der Waals surface area contributed by atoms with Crippen molar-refractivity contribution in [3.63, 3.8) is 0 Å². The minimum atomic E-state index is -0.201. The van der Waals surface area contributed by atoms with Gasteiger partial charge in [-0.15, -0.1) is 0 Å². The molecular weight excluding hydrogens is 238 g/mol. The van der Waals surface area contributed by atoms with Gasteiger partial charge in [-0.2, -0.15) is 5.10 Å². The number of ether oxygens (including phenoxy) is 1. The summed E-state index contributed by atoms with van der Waals surface area (Å²) < 4.78 is 7.20. The molecule has 1 aromatic carbocycles. The molecule has 0 unspecified atom stereocenters. The highest BCUT2D eigenvalue weighted by Crippen LogP contribution is 2.30. The molecule has 0 saturated heterocycles. The number of benzene rings is 1. The summed E-state index contributed by atoms with van der Waals surface area (Å²) in [5.41, 5.74) is 9.18. The molecule has 102 valence electrons. The van der Waals surface area contributed by atoms with Crippen molar-refractivity contribution in [1.29, 1.82) is 0 Å². The zero-order chi connectivity index (χ0) is 14.0. The number of nitrogens with zero attached hydrogens (tertiary/aromatic N) is 2. The smallest absolute Gasteiger partial charge is 0.129 e. The van der Waals surface area contributed by atoms with Crippen molar-refractivity contribution in [2.45, 2.75) is 25.9 Å². The van der Waals surface area contributed by atoms with Gasteiger partial charge in [0.05, 0.1) is 11.8 Å². The Bertz CT molecular complexity index is 573. The lowest BCUT2D eigenvalue weighted by molar-refractivity contribution is 0.0233. The first kappa shape index (κ1) is 13.6. The molecule has 19 heavy (non-hydrogen) atoms. The van der Waals surface area contributed by atoms with Gasteiger partial charge in [0.2, 0.25) is 0 Å². The zero-order valence-corrected chi connectivity index (χ0v) is 12.0. The second-order valence-electron chi connectivity index (χ2n) is 5.36. The van der Waals surface area contributed by atoms with Crippen LogP contribution in [-0.2, 0) is 18.2 Å². The van der Waals surface area contributed by atoms with Gasteiger partial charge in [-0.05, 0) is 25.0 Å². The molecule has 0 fully saturated rings. The van der Waals surface area contributed by atoms with E-state index >= 15 is 0 Å². The van der Waals surface area contributed by atoms with E-state index in [9.17, 15) is 0 Å². The van der Waals surface area contributed by atoms with E-state index in [0.29, 0.717) is 5.82 Å². The third-order valence-corrected chi connectivity index (χ3v) is 3.46. The van der Waals surface area contributed by atoms with Crippen LogP contribution in [0.4, 0.5) is 5.82 Å². The maximum absolute atomic E-state index is 6.07. The maximum Gasteiger partial charge on any atom is 0.129 e. The van der Waals surface area contributed by atoms with Crippen molar-refractivity contribution < 1.29 is 4.74 Å². The minimum Gasteiger partial charge on any atom is -0.383 e. The van der Waals surface area contributed by atoms with Crippen LogP contribution in [0.25, 0.3) is 11.1 Å². The molecule has 2 aromatic rings. The monoisotopic (exact) mass is 259 g/mol. The molecule has 0 saturated carbocycles. The van der Waals surface area contributed by atoms with E-state index in [4.69, 9.17) is 10.5 Å². The van der Waals surface area contributed by atoms with Gasteiger partial charge in [-0.25, -0.2) is 0 Å². The van der Waals surface area contributed by atoms with Crippen LogP contribution in [0.3, 0.4) is 0 Å². The SMILES string of the molecule is COC(C)(C)Cc1ccccc1-c1cnn(C)c1N. The Morgan fingerprint density at radius 2 is 1.95 bits per heavy atom. The second-order valence-corrected chi connectivity index (χ2v) is 5.36. The van der Waals surface area contributed by atoms with Crippen molar-refractivity contribution in [3.8, 4) is 11.1 Å². The number of methoxy groups -OCH3 is 1. The summed E-state index contributed by atoms with van der Waals surface area (Å²) in [6.45, 7) is 4.16. The summed E-state index contributed by atoms with van der Waals surface area (Å²) in [6, 6.07) is 8.25. The summed E-state index contributed by atoms with van der Waals surface area (Å²) in [5, 5.41) is 4.21. The molecule has 2 N–H and O–H groups in total. The van der Waals surface area contributed by atoms with E-state index in [2.05, 4.69) is 31.1 Å². The molecule has 0 atom stereocenters. The molecule has 0 radical (unpaired) electrons. The Kier molecular flexibility index (Phi) is 3.62. The van der Waals surface area contributed by atoms with Gasteiger partial charge in [0.15, 0.2) is 0 Å². The van der Waals surface area contributed by atoms with E-state index < -0.39 is 0 Å². The van der Waals surface area contributed by atoms with Crippen LogP contribution < -0.4 is 5.73 Å². The van der Waals surface area contributed by atoms with E-state index in [1.165, 1.54) is 5.56 Å². The van der Waals surface area contributed by atoms with Crippen LogP contribution in [0.2, 0.25) is 0 Å². The third-order valence-electron chi connectivity index (χ3n) is 3.46. The van der Waals surface area contributed by atoms with Gasteiger partial charge >= 0.3 is 0 Å². The Hall–Kier alpha value is -1.81. The number of aromatic nitrogens is 2. The van der Waals surface area contributed by atoms with Crippen LogP contribution in [0.1, 0.15) is 19.4 Å². The molecule has 1 aromatic heterocycles. The first-order valence-electron chi connectivity index (χ1n) is 6.35. The van der Waals surface area contributed by atoms with Gasteiger partial charge < -0.3 is 10.5 Å². The lowest BCUT2D eigenvalue weighted by Crippen LogP contribution is -2.25. The van der Waals surface area contributed by atoms with E-state index in [1.54, 1.807) is 11.8 Å². The molecule has 0 amide bonds. The van der Waals surface area contributed by atoms with E-state index in [1.807, 2.05) is 25.4 Å². The summed E-state index contributed by atoms with van der Waals surface area (Å²) in [6.07, 6.45) is 2.64. The van der Waals surface area contributed by atoms with Crippen molar-refractivity contribution >= 4 is 5.82 Å². The van der Waals surface area contributed by atoms with Crippen LogP contribution in [0.15, 0.2) is 30.5 Å². The summed E-state index contributed by atoms with van der Waals surface area (Å²) >= 11 is 0. The zero-order valence-electron chi connectivity index (χ0n) is 12.0. The first-order valence-corrected chi connectivity index (χ1v) is 6.35. The molecule has 4 nitrogen and oxygen atoms in total. The fraction of sp³-hybridized carbons (Fsp3) is 0.400. The number of rotatable bonds is 4. The van der Waals surface area contributed by atoms with Crippen molar-refractivity contribution in [2.75, 3.05) is 12.8 Å². The fourth-order valence-electron chi connectivity index (χ4n) is 2.12. The molecule has 0 aliphatic heterocycles. The molecule has 0 spiro atoms. The topological polar surface area (TPSA) is 53.1 Å². The van der Waals surface area contributed by atoms with Crippen molar-refractivity contribution in [2.24, 2.45) is 7.05 Å². The number of hydrogen-bond donors (Lipinski definition) is 1. The lowest BCUT2D eigenvalue weighted by atomic mass is 9.92. The van der Waals surface area contributed by atoms with Crippen molar-refractivity contribution in [1.82, 2.24) is 9.78 Å². The predicted molar refractivity (Wildman–Crippen MR) is 77.8 cm³/mol. The molecule has 4 heteroatoms. The Morgan fingerprint density at radius 3 is 2.53 bits per heavy atom. The number of nitrogen functional groups attached to an aromatic ring is 1. The van der Waals surface area contributed by atoms with Crippen LogP contribution in [-0.4, -0.2) is 22.5 Å². The van der Waals surface area contributed by atoms with E-state index in [0.717, 1.165) is 17.5 Å². The number of aryl methyl sites for hydroxylation is 1. The molecule has 0 aliphatic rings. The third kappa shape index (κ3) is 2.79. The fourth-order valence-corrected chi connectivity index (χ4v) is 2.12. The predicted octanol–water partition coefficient (Wildman–Crippen LogP) is 2.64.